The van der Waals surface area contributed by atoms with E-state index >= 15 is 0 Å². The summed E-state index contributed by atoms with van der Waals surface area (Å²) in [6.45, 7) is 2.62. The van der Waals surface area contributed by atoms with Gasteiger partial charge in [-0.2, -0.15) is 0 Å². The predicted octanol–water partition coefficient (Wildman–Crippen LogP) is 3.39. The van der Waals surface area contributed by atoms with Crippen molar-refractivity contribution < 1.29 is 9.84 Å². The Labute approximate surface area is 126 Å². The Kier molecular flexibility index (Phi) is 4.58. The normalized spacial score (nSPS) is 10.3. The number of ether oxygens (including phenoxy) is 1. The Hall–Kier alpha value is -2.36. The minimum absolute atomic E-state index is 0.269. The van der Waals surface area contributed by atoms with Gasteiger partial charge in [-0.25, -0.2) is 0 Å². The summed E-state index contributed by atoms with van der Waals surface area (Å²) in [6.07, 6.45) is 0. The van der Waals surface area contributed by atoms with Crippen LogP contribution in [0.1, 0.15) is 11.1 Å². The summed E-state index contributed by atoms with van der Waals surface area (Å²) in [7, 11) is 5.67. The molecule has 2 aromatic carbocycles. The fourth-order valence-electron chi connectivity index (χ4n) is 2.15. The minimum Gasteiger partial charge on any atom is -0.508 e. The molecular weight excluding hydrogens is 264 g/mol. The van der Waals surface area contributed by atoms with Gasteiger partial charge in [-0.3, -0.25) is 0 Å². The van der Waals surface area contributed by atoms with Gasteiger partial charge in [0.1, 0.15) is 11.5 Å². The zero-order chi connectivity index (χ0) is 15.4. The number of aromatic hydroxyl groups is 1. The SMILES string of the molecule is COc1ccc(O)c(CNc2ccc(N(C)C)cc2C)c1. The number of hydrogen-bond acceptors (Lipinski definition) is 4. The Bertz CT molecular complexity index is 624. The molecule has 0 amide bonds. The van der Waals surface area contributed by atoms with Crippen LogP contribution in [0.4, 0.5) is 11.4 Å². The minimum atomic E-state index is 0.269. The Balaban J connectivity index is 2.13. The number of aryl methyl sites for hydroxylation is 1. The molecular formula is C17H22N2O2. The second kappa shape index (κ2) is 6.39. The number of methoxy groups -OCH3 is 1. The fraction of sp³-hybridized carbons (Fsp3) is 0.294. The molecule has 2 aromatic rings. The highest BCUT2D eigenvalue weighted by atomic mass is 16.5. The third-order valence-corrected chi connectivity index (χ3v) is 3.48. The van der Waals surface area contributed by atoms with Gasteiger partial charge in [0.05, 0.1) is 7.11 Å². The lowest BCUT2D eigenvalue weighted by atomic mass is 10.1. The Morgan fingerprint density at radius 2 is 1.90 bits per heavy atom. The summed E-state index contributed by atoms with van der Waals surface area (Å²) >= 11 is 0. The molecule has 0 bridgehead atoms. The molecule has 0 aliphatic rings. The lowest BCUT2D eigenvalue weighted by Crippen LogP contribution is -2.09. The molecule has 0 aliphatic carbocycles. The van der Waals surface area contributed by atoms with Gasteiger partial charge in [-0.05, 0) is 48.9 Å². The molecule has 0 radical (unpaired) electrons. The highest BCUT2D eigenvalue weighted by molar-refractivity contribution is 5.60. The van der Waals surface area contributed by atoms with Gasteiger partial charge in [0, 0.05) is 37.6 Å². The number of nitrogens with one attached hydrogen (secondary N) is 1. The van der Waals surface area contributed by atoms with Crippen LogP contribution >= 0.6 is 0 Å². The van der Waals surface area contributed by atoms with Crippen LogP contribution in [0.2, 0.25) is 0 Å². The maximum Gasteiger partial charge on any atom is 0.120 e. The Morgan fingerprint density at radius 1 is 1.14 bits per heavy atom. The second-order valence-electron chi connectivity index (χ2n) is 5.24. The lowest BCUT2D eigenvalue weighted by molar-refractivity contribution is 0.411. The van der Waals surface area contributed by atoms with Crippen molar-refractivity contribution in [3.05, 3.63) is 47.5 Å². The molecule has 0 spiro atoms. The van der Waals surface area contributed by atoms with Crippen molar-refractivity contribution in [2.45, 2.75) is 13.5 Å². The maximum atomic E-state index is 9.89. The zero-order valence-electron chi connectivity index (χ0n) is 13.0. The lowest BCUT2D eigenvalue weighted by Gasteiger charge is -2.16. The maximum absolute atomic E-state index is 9.89. The van der Waals surface area contributed by atoms with Crippen LogP contribution < -0.4 is 15.0 Å². The molecule has 0 fully saturated rings. The molecule has 0 saturated carbocycles. The molecule has 0 unspecified atom stereocenters. The van der Waals surface area contributed by atoms with E-state index in [9.17, 15) is 5.11 Å². The van der Waals surface area contributed by atoms with Crippen molar-refractivity contribution in [1.29, 1.82) is 0 Å². The first-order valence-electron chi connectivity index (χ1n) is 6.89. The van der Waals surface area contributed by atoms with Gasteiger partial charge in [0.15, 0.2) is 0 Å². The first-order valence-corrected chi connectivity index (χ1v) is 6.89. The van der Waals surface area contributed by atoms with Gasteiger partial charge < -0.3 is 20.1 Å². The molecule has 0 heterocycles. The number of phenols is 1. The van der Waals surface area contributed by atoms with Gasteiger partial charge in [0.2, 0.25) is 0 Å². The van der Waals surface area contributed by atoms with Gasteiger partial charge >= 0.3 is 0 Å². The fourth-order valence-corrected chi connectivity index (χ4v) is 2.15. The van der Waals surface area contributed by atoms with Gasteiger partial charge in [0.25, 0.3) is 0 Å². The third-order valence-electron chi connectivity index (χ3n) is 3.48. The highest BCUT2D eigenvalue weighted by Gasteiger charge is 2.05. The first-order chi connectivity index (χ1) is 10.0. The van der Waals surface area contributed by atoms with Crippen molar-refractivity contribution in [3.8, 4) is 11.5 Å². The van der Waals surface area contributed by atoms with Crippen molar-refractivity contribution in [2.75, 3.05) is 31.4 Å². The molecule has 0 aromatic heterocycles. The molecule has 0 saturated heterocycles. The van der Waals surface area contributed by atoms with Gasteiger partial charge in [-0.1, -0.05) is 0 Å². The van der Waals surface area contributed by atoms with Crippen LogP contribution in [0.15, 0.2) is 36.4 Å². The number of benzene rings is 2. The molecule has 4 heteroatoms. The topological polar surface area (TPSA) is 44.7 Å². The van der Waals surface area contributed by atoms with Crippen LogP contribution in [0, 0.1) is 6.92 Å². The molecule has 4 nitrogen and oxygen atoms in total. The number of phenolic OH excluding ortho intramolecular Hbond substituents is 1. The van der Waals surface area contributed by atoms with Crippen LogP contribution in [0.5, 0.6) is 11.5 Å². The smallest absolute Gasteiger partial charge is 0.120 e. The molecule has 21 heavy (non-hydrogen) atoms. The largest absolute Gasteiger partial charge is 0.508 e. The van der Waals surface area contributed by atoms with Crippen molar-refractivity contribution in [2.24, 2.45) is 0 Å². The van der Waals surface area contributed by atoms with E-state index < -0.39 is 0 Å². The Morgan fingerprint density at radius 3 is 2.52 bits per heavy atom. The van der Waals surface area contributed by atoms with Crippen LogP contribution in [-0.2, 0) is 6.54 Å². The number of hydrogen-bond donors (Lipinski definition) is 2. The number of rotatable bonds is 5. The van der Waals surface area contributed by atoms with E-state index in [1.807, 2.05) is 20.2 Å². The summed E-state index contributed by atoms with van der Waals surface area (Å²) < 4.78 is 5.18. The molecule has 0 aliphatic heterocycles. The van der Waals surface area contributed by atoms with E-state index in [0.717, 1.165) is 17.0 Å². The van der Waals surface area contributed by atoms with E-state index in [2.05, 4.69) is 35.3 Å². The standard InChI is InChI=1S/C17H22N2O2/c1-12-9-14(19(2)3)5-7-16(12)18-11-13-10-15(21-4)6-8-17(13)20/h5-10,18,20H,11H2,1-4H3. The zero-order valence-corrected chi connectivity index (χ0v) is 13.0. The van der Waals surface area contributed by atoms with Crippen molar-refractivity contribution >= 4 is 11.4 Å². The predicted molar refractivity (Wildman–Crippen MR) is 87.5 cm³/mol. The van der Waals surface area contributed by atoms with Crippen molar-refractivity contribution in [3.63, 3.8) is 0 Å². The quantitative estimate of drug-likeness (QED) is 0.884. The molecule has 0 atom stereocenters. The summed E-state index contributed by atoms with van der Waals surface area (Å²) in [5.41, 5.74) is 4.21. The monoisotopic (exact) mass is 286 g/mol. The van der Waals surface area contributed by atoms with E-state index in [0.29, 0.717) is 6.54 Å². The van der Waals surface area contributed by atoms with E-state index in [4.69, 9.17) is 4.74 Å². The highest BCUT2D eigenvalue weighted by Crippen LogP contribution is 2.26. The van der Waals surface area contributed by atoms with Crippen LogP contribution in [-0.4, -0.2) is 26.3 Å². The van der Waals surface area contributed by atoms with E-state index in [1.165, 1.54) is 11.3 Å². The molecule has 2 N–H and O–H groups in total. The summed E-state index contributed by atoms with van der Waals surface area (Å²) in [6, 6.07) is 11.5. The van der Waals surface area contributed by atoms with Crippen LogP contribution in [0.25, 0.3) is 0 Å². The second-order valence-corrected chi connectivity index (χ2v) is 5.24. The van der Waals surface area contributed by atoms with Crippen LogP contribution in [0.3, 0.4) is 0 Å². The van der Waals surface area contributed by atoms with Gasteiger partial charge in [-0.15, -0.1) is 0 Å². The van der Waals surface area contributed by atoms with Crippen molar-refractivity contribution in [1.82, 2.24) is 0 Å². The average molecular weight is 286 g/mol. The summed E-state index contributed by atoms with van der Waals surface area (Å²) in [5.74, 6) is 1.01. The molecule has 2 rings (SSSR count). The summed E-state index contributed by atoms with van der Waals surface area (Å²) in [4.78, 5) is 2.07. The summed E-state index contributed by atoms with van der Waals surface area (Å²) in [5, 5.41) is 13.2. The van der Waals surface area contributed by atoms with E-state index in [1.54, 1.807) is 19.2 Å². The first kappa shape index (κ1) is 15.0. The van der Waals surface area contributed by atoms with E-state index in [-0.39, 0.29) is 5.75 Å². The number of anilines is 2. The average Bonchev–Trinajstić information content (AvgIpc) is 2.47. The molecule has 112 valence electrons. The number of nitrogens with zero attached hydrogens (tertiary/aromatic N) is 1. The third kappa shape index (κ3) is 3.60.